The third kappa shape index (κ3) is 3.60. The molecule has 0 atom stereocenters. The normalized spacial score (nSPS) is 8.64. The number of carbonyl (C=O) groups is 1. The van der Waals surface area contributed by atoms with Crippen LogP contribution in [0.15, 0.2) is 18.2 Å². The molecule has 14 heavy (non-hydrogen) atoms. The van der Waals surface area contributed by atoms with E-state index in [1.807, 2.05) is 45.9 Å². The molecule has 1 N–H and O–H groups in total. The molecule has 1 aromatic rings. The minimum atomic E-state index is -0.0209. The van der Waals surface area contributed by atoms with Crippen molar-refractivity contribution >= 4 is 11.6 Å². The van der Waals surface area contributed by atoms with Crippen molar-refractivity contribution < 1.29 is 4.79 Å². The van der Waals surface area contributed by atoms with Gasteiger partial charge in [0.05, 0.1) is 0 Å². The molecule has 0 spiro atoms. The summed E-state index contributed by atoms with van der Waals surface area (Å²) in [4.78, 5) is 10.8. The van der Waals surface area contributed by atoms with E-state index in [1.54, 1.807) is 0 Å². The largest absolute Gasteiger partial charge is 0.326 e. The highest BCUT2D eigenvalue weighted by molar-refractivity contribution is 5.90. The lowest BCUT2D eigenvalue weighted by atomic mass is 10.1. The Morgan fingerprint density at radius 1 is 1.14 bits per heavy atom. The Hall–Kier alpha value is -1.31. The minimum Gasteiger partial charge on any atom is -0.326 e. The van der Waals surface area contributed by atoms with Gasteiger partial charge in [-0.3, -0.25) is 4.79 Å². The van der Waals surface area contributed by atoms with E-state index in [2.05, 4.69) is 5.32 Å². The van der Waals surface area contributed by atoms with Gasteiger partial charge in [-0.25, -0.2) is 0 Å². The quantitative estimate of drug-likeness (QED) is 0.728. The summed E-state index contributed by atoms with van der Waals surface area (Å²) in [5.74, 6) is -0.0209. The Kier molecular flexibility index (Phi) is 5.61. The van der Waals surface area contributed by atoms with Crippen molar-refractivity contribution in [3.05, 3.63) is 29.3 Å². The van der Waals surface area contributed by atoms with E-state index >= 15 is 0 Å². The lowest BCUT2D eigenvalue weighted by Gasteiger charge is -2.08. The zero-order chi connectivity index (χ0) is 11.1. The standard InChI is InChI=1S/C10H13NO.C2H6/c1-7-5-4-6-8(2)10(7)11-9(3)12;1-2/h4-6H,1-3H3,(H,11,12);1-2H3. The van der Waals surface area contributed by atoms with Gasteiger partial charge in [0.15, 0.2) is 0 Å². The van der Waals surface area contributed by atoms with Crippen molar-refractivity contribution in [2.45, 2.75) is 34.6 Å². The van der Waals surface area contributed by atoms with Crippen molar-refractivity contribution in [2.75, 3.05) is 5.32 Å². The fraction of sp³-hybridized carbons (Fsp3) is 0.417. The Balaban J connectivity index is 0.000000791. The Morgan fingerprint density at radius 2 is 1.57 bits per heavy atom. The van der Waals surface area contributed by atoms with Crippen molar-refractivity contribution in [1.82, 2.24) is 0 Å². The summed E-state index contributed by atoms with van der Waals surface area (Å²) in [5, 5.41) is 2.80. The number of nitrogens with one attached hydrogen (secondary N) is 1. The molecule has 0 heterocycles. The topological polar surface area (TPSA) is 29.1 Å². The molecule has 1 aromatic carbocycles. The number of benzene rings is 1. The van der Waals surface area contributed by atoms with Crippen LogP contribution in [0.4, 0.5) is 5.69 Å². The maximum absolute atomic E-state index is 10.8. The number of hydrogen-bond donors (Lipinski definition) is 1. The molecule has 0 aliphatic carbocycles. The average molecular weight is 193 g/mol. The first-order valence-electron chi connectivity index (χ1n) is 4.95. The van der Waals surface area contributed by atoms with Gasteiger partial charge in [-0.1, -0.05) is 32.0 Å². The smallest absolute Gasteiger partial charge is 0.221 e. The minimum absolute atomic E-state index is 0.0209. The highest BCUT2D eigenvalue weighted by Gasteiger charge is 2.01. The molecule has 1 amide bonds. The monoisotopic (exact) mass is 193 g/mol. The van der Waals surface area contributed by atoms with Crippen LogP contribution >= 0.6 is 0 Å². The number of amides is 1. The van der Waals surface area contributed by atoms with Crippen LogP contribution in [0.3, 0.4) is 0 Å². The summed E-state index contributed by atoms with van der Waals surface area (Å²) >= 11 is 0. The summed E-state index contributed by atoms with van der Waals surface area (Å²) in [6.45, 7) is 9.49. The van der Waals surface area contributed by atoms with Crippen LogP contribution in [-0.2, 0) is 4.79 Å². The Labute approximate surface area is 86.3 Å². The van der Waals surface area contributed by atoms with Gasteiger partial charge in [-0.2, -0.15) is 0 Å². The molecule has 0 fully saturated rings. The molecule has 0 saturated carbocycles. The van der Waals surface area contributed by atoms with Crippen LogP contribution in [0, 0.1) is 13.8 Å². The maximum Gasteiger partial charge on any atom is 0.221 e. The zero-order valence-electron chi connectivity index (χ0n) is 9.64. The SMILES string of the molecule is CC.CC(=O)Nc1c(C)cccc1C. The average Bonchev–Trinajstić information content (AvgIpc) is 2.15. The van der Waals surface area contributed by atoms with Gasteiger partial charge in [0.1, 0.15) is 0 Å². The van der Waals surface area contributed by atoms with E-state index in [0.29, 0.717) is 0 Å². The van der Waals surface area contributed by atoms with E-state index in [0.717, 1.165) is 16.8 Å². The highest BCUT2D eigenvalue weighted by Crippen LogP contribution is 2.18. The maximum atomic E-state index is 10.8. The number of aryl methyl sites for hydroxylation is 2. The van der Waals surface area contributed by atoms with E-state index in [4.69, 9.17) is 0 Å². The van der Waals surface area contributed by atoms with E-state index in [-0.39, 0.29) is 5.91 Å². The summed E-state index contributed by atoms with van der Waals surface area (Å²) in [7, 11) is 0. The molecule has 2 nitrogen and oxygen atoms in total. The Morgan fingerprint density at radius 3 is 1.93 bits per heavy atom. The fourth-order valence-corrected chi connectivity index (χ4v) is 1.19. The lowest BCUT2D eigenvalue weighted by molar-refractivity contribution is -0.114. The van der Waals surface area contributed by atoms with E-state index in [1.165, 1.54) is 6.92 Å². The lowest BCUT2D eigenvalue weighted by Crippen LogP contribution is -2.08. The highest BCUT2D eigenvalue weighted by atomic mass is 16.1. The second-order valence-corrected chi connectivity index (χ2v) is 2.95. The van der Waals surface area contributed by atoms with Crippen LogP contribution in [-0.4, -0.2) is 5.91 Å². The van der Waals surface area contributed by atoms with Crippen LogP contribution in [0.1, 0.15) is 31.9 Å². The molecule has 0 unspecified atom stereocenters. The predicted molar refractivity (Wildman–Crippen MR) is 61.6 cm³/mol. The van der Waals surface area contributed by atoms with Gasteiger partial charge < -0.3 is 5.32 Å². The van der Waals surface area contributed by atoms with Gasteiger partial charge in [-0.15, -0.1) is 0 Å². The number of para-hydroxylation sites is 1. The van der Waals surface area contributed by atoms with Gasteiger partial charge in [0.25, 0.3) is 0 Å². The molecule has 1 rings (SSSR count). The molecule has 0 aromatic heterocycles. The summed E-state index contributed by atoms with van der Waals surface area (Å²) in [5.41, 5.74) is 3.14. The Bertz CT molecular complexity index is 285. The molecular weight excluding hydrogens is 174 g/mol. The predicted octanol–water partition coefficient (Wildman–Crippen LogP) is 3.29. The molecule has 78 valence electrons. The number of rotatable bonds is 1. The van der Waals surface area contributed by atoms with Gasteiger partial charge in [0, 0.05) is 12.6 Å². The second kappa shape index (κ2) is 6.19. The van der Waals surface area contributed by atoms with E-state index in [9.17, 15) is 4.79 Å². The summed E-state index contributed by atoms with van der Waals surface area (Å²) in [6, 6.07) is 5.95. The number of hydrogen-bond acceptors (Lipinski definition) is 1. The van der Waals surface area contributed by atoms with E-state index < -0.39 is 0 Å². The number of anilines is 1. The van der Waals surface area contributed by atoms with Crippen molar-refractivity contribution in [3.63, 3.8) is 0 Å². The zero-order valence-corrected chi connectivity index (χ0v) is 9.64. The van der Waals surface area contributed by atoms with Crippen LogP contribution in [0.25, 0.3) is 0 Å². The summed E-state index contributed by atoms with van der Waals surface area (Å²) in [6.07, 6.45) is 0. The first kappa shape index (κ1) is 12.7. The van der Waals surface area contributed by atoms with Gasteiger partial charge >= 0.3 is 0 Å². The van der Waals surface area contributed by atoms with Crippen LogP contribution in [0.2, 0.25) is 0 Å². The van der Waals surface area contributed by atoms with Crippen LogP contribution in [0.5, 0.6) is 0 Å². The fourth-order valence-electron chi connectivity index (χ4n) is 1.19. The van der Waals surface area contributed by atoms with Crippen molar-refractivity contribution in [1.29, 1.82) is 0 Å². The van der Waals surface area contributed by atoms with Crippen molar-refractivity contribution in [2.24, 2.45) is 0 Å². The van der Waals surface area contributed by atoms with Gasteiger partial charge in [0.2, 0.25) is 5.91 Å². The third-order valence-electron chi connectivity index (χ3n) is 1.78. The number of carbonyl (C=O) groups excluding carboxylic acids is 1. The molecule has 0 saturated heterocycles. The molecule has 0 radical (unpaired) electrons. The summed E-state index contributed by atoms with van der Waals surface area (Å²) < 4.78 is 0. The van der Waals surface area contributed by atoms with Crippen LogP contribution < -0.4 is 5.32 Å². The molecular formula is C12H19NO. The van der Waals surface area contributed by atoms with Crippen molar-refractivity contribution in [3.8, 4) is 0 Å². The third-order valence-corrected chi connectivity index (χ3v) is 1.78. The first-order chi connectivity index (χ1) is 6.61. The first-order valence-corrected chi connectivity index (χ1v) is 4.95. The second-order valence-electron chi connectivity index (χ2n) is 2.95. The molecule has 2 heteroatoms. The van der Waals surface area contributed by atoms with Gasteiger partial charge in [-0.05, 0) is 25.0 Å². The molecule has 0 bridgehead atoms. The molecule has 0 aliphatic heterocycles. The molecule has 0 aliphatic rings.